The van der Waals surface area contributed by atoms with E-state index in [2.05, 4.69) is 12.2 Å². The molecule has 0 heterocycles. The predicted octanol–water partition coefficient (Wildman–Crippen LogP) is 2.17. The highest BCUT2D eigenvalue weighted by Crippen LogP contribution is 2.52. The highest BCUT2D eigenvalue weighted by atomic mass is 14.9. The third kappa shape index (κ3) is 1.84. The van der Waals surface area contributed by atoms with Crippen molar-refractivity contribution in [1.82, 2.24) is 0 Å². The molecule has 86 valence electrons. The van der Waals surface area contributed by atoms with E-state index in [1.54, 1.807) is 32.1 Å². The fourth-order valence-electron chi connectivity index (χ4n) is 4.87. The Kier molecular flexibility index (Phi) is 2.76. The van der Waals surface area contributed by atoms with Gasteiger partial charge in [0.25, 0.3) is 0 Å². The Morgan fingerprint density at radius 2 is 1.53 bits per heavy atom. The van der Waals surface area contributed by atoms with Gasteiger partial charge in [0.1, 0.15) is 0 Å². The van der Waals surface area contributed by atoms with Crippen LogP contribution in [0, 0.1) is 23.7 Å². The minimum absolute atomic E-state index is 1.03. The minimum atomic E-state index is 1.03. The summed E-state index contributed by atoms with van der Waals surface area (Å²) < 4.78 is 0. The standard InChI is InChI=1S/C14H25N/c1-2-3-4-15-14-12-6-10-5-11(8-12)9-13(14)7-10/h10-15H,2-9H2,1H3/p+1. The molecule has 0 spiro atoms. The van der Waals surface area contributed by atoms with Crippen LogP contribution in [0.3, 0.4) is 0 Å². The van der Waals surface area contributed by atoms with Crippen LogP contribution in [0.2, 0.25) is 0 Å². The normalized spacial score (nSPS) is 47.4. The van der Waals surface area contributed by atoms with Gasteiger partial charge in [0.15, 0.2) is 0 Å². The van der Waals surface area contributed by atoms with Crippen molar-refractivity contribution in [2.75, 3.05) is 6.54 Å². The van der Waals surface area contributed by atoms with E-state index >= 15 is 0 Å². The van der Waals surface area contributed by atoms with Gasteiger partial charge in [0, 0.05) is 11.8 Å². The molecule has 1 heteroatoms. The molecule has 0 atom stereocenters. The second-order valence-electron chi connectivity index (χ2n) is 6.39. The van der Waals surface area contributed by atoms with E-state index in [0.29, 0.717) is 0 Å². The van der Waals surface area contributed by atoms with Crippen LogP contribution in [0.5, 0.6) is 0 Å². The maximum atomic E-state index is 2.72. The summed E-state index contributed by atoms with van der Waals surface area (Å²) in [6.45, 7) is 3.70. The van der Waals surface area contributed by atoms with Crippen molar-refractivity contribution in [1.29, 1.82) is 0 Å². The lowest BCUT2D eigenvalue weighted by atomic mass is 9.54. The van der Waals surface area contributed by atoms with Crippen LogP contribution in [0.15, 0.2) is 0 Å². The third-order valence-electron chi connectivity index (χ3n) is 5.30. The highest BCUT2D eigenvalue weighted by Gasteiger charge is 2.49. The Hall–Kier alpha value is -0.0400. The zero-order valence-electron chi connectivity index (χ0n) is 10.1. The summed E-state index contributed by atoms with van der Waals surface area (Å²) >= 11 is 0. The van der Waals surface area contributed by atoms with Crippen molar-refractivity contribution in [2.24, 2.45) is 23.7 Å². The van der Waals surface area contributed by atoms with Gasteiger partial charge in [-0.1, -0.05) is 13.3 Å². The molecule has 4 rings (SSSR count). The first kappa shape index (κ1) is 10.1. The maximum absolute atomic E-state index is 2.72. The summed E-state index contributed by atoms with van der Waals surface area (Å²) in [5.41, 5.74) is 0. The summed E-state index contributed by atoms with van der Waals surface area (Å²) in [4.78, 5) is 0. The van der Waals surface area contributed by atoms with Gasteiger partial charge >= 0.3 is 0 Å². The van der Waals surface area contributed by atoms with Crippen molar-refractivity contribution >= 4 is 0 Å². The van der Waals surface area contributed by atoms with Crippen molar-refractivity contribution in [2.45, 2.75) is 57.9 Å². The molecule has 4 saturated carbocycles. The van der Waals surface area contributed by atoms with Crippen LogP contribution in [-0.4, -0.2) is 12.6 Å². The first-order valence-electron chi connectivity index (χ1n) is 7.20. The van der Waals surface area contributed by atoms with Crippen LogP contribution in [0.1, 0.15) is 51.9 Å². The molecule has 0 radical (unpaired) electrons. The van der Waals surface area contributed by atoms with Gasteiger partial charge < -0.3 is 5.32 Å². The highest BCUT2D eigenvalue weighted by molar-refractivity contribution is 4.97. The summed E-state index contributed by atoms with van der Waals surface area (Å²) in [6, 6.07) is 1.03. The van der Waals surface area contributed by atoms with E-state index in [0.717, 1.165) is 29.7 Å². The molecule has 0 aromatic rings. The van der Waals surface area contributed by atoms with Crippen molar-refractivity contribution in [3.8, 4) is 0 Å². The van der Waals surface area contributed by atoms with Crippen LogP contribution in [0.4, 0.5) is 0 Å². The van der Waals surface area contributed by atoms with Crippen molar-refractivity contribution in [3.05, 3.63) is 0 Å². The van der Waals surface area contributed by atoms with Gasteiger partial charge in [-0.2, -0.15) is 0 Å². The molecule has 0 amide bonds. The van der Waals surface area contributed by atoms with Gasteiger partial charge in [0.2, 0.25) is 0 Å². The van der Waals surface area contributed by atoms with Crippen LogP contribution >= 0.6 is 0 Å². The number of quaternary nitrogens is 1. The number of hydrogen-bond donors (Lipinski definition) is 1. The van der Waals surface area contributed by atoms with E-state index in [1.165, 1.54) is 19.4 Å². The summed E-state index contributed by atoms with van der Waals surface area (Å²) in [6.07, 6.45) is 10.7. The Labute approximate surface area is 94.0 Å². The molecular formula is C14H26N+. The van der Waals surface area contributed by atoms with E-state index in [-0.39, 0.29) is 0 Å². The van der Waals surface area contributed by atoms with Crippen LogP contribution in [-0.2, 0) is 0 Å². The molecule has 0 aromatic heterocycles. The van der Waals surface area contributed by atoms with Gasteiger partial charge in [-0.05, 0) is 50.4 Å². The molecule has 0 saturated heterocycles. The lowest BCUT2D eigenvalue weighted by Gasteiger charge is -2.52. The molecule has 0 aliphatic heterocycles. The third-order valence-corrected chi connectivity index (χ3v) is 5.30. The summed E-state index contributed by atoms with van der Waals surface area (Å²) in [5.74, 6) is 4.50. The maximum Gasteiger partial charge on any atom is 0.0916 e. The second-order valence-corrected chi connectivity index (χ2v) is 6.39. The molecular weight excluding hydrogens is 182 g/mol. The van der Waals surface area contributed by atoms with E-state index in [1.807, 2.05) is 0 Å². The minimum Gasteiger partial charge on any atom is -0.343 e. The zero-order chi connectivity index (χ0) is 10.3. The number of rotatable bonds is 4. The molecule has 0 unspecified atom stereocenters. The van der Waals surface area contributed by atoms with Gasteiger partial charge in [0.05, 0.1) is 12.6 Å². The fraction of sp³-hybridized carbons (Fsp3) is 1.00. The van der Waals surface area contributed by atoms with Crippen molar-refractivity contribution in [3.63, 3.8) is 0 Å². The summed E-state index contributed by atoms with van der Waals surface area (Å²) in [7, 11) is 0. The number of unbranched alkanes of at least 4 members (excludes halogenated alkanes) is 1. The molecule has 4 fully saturated rings. The molecule has 1 nitrogen and oxygen atoms in total. The van der Waals surface area contributed by atoms with Crippen molar-refractivity contribution < 1.29 is 5.32 Å². The van der Waals surface area contributed by atoms with Gasteiger partial charge in [-0.25, -0.2) is 0 Å². The number of nitrogens with two attached hydrogens (primary N) is 1. The largest absolute Gasteiger partial charge is 0.343 e. The Morgan fingerprint density at radius 1 is 0.933 bits per heavy atom. The molecule has 15 heavy (non-hydrogen) atoms. The SMILES string of the molecule is CCCC[NH2+]C1C2CC3CC(C2)CC1C3. The lowest BCUT2D eigenvalue weighted by Crippen LogP contribution is -2.94. The smallest absolute Gasteiger partial charge is 0.0916 e. The molecule has 4 aliphatic carbocycles. The first-order valence-corrected chi connectivity index (χ1v) is 7.20. The molecule has 4 aliphatic rings. The first-order chi connectivity index (χ1) is 7.36. The quantitative estimate of drug-likeness (QED) is 0.682. The van der Waals surface area contributed by atoms with E-state index in [9.17, 15) is 0 Å². The van der Waals surface area contributed by atoms with E-state index < -0.39 is 0 Å². The topological polar surface area (TPSA) is 16.6 Å². The lowest BCUT2D eigenvalue weighted by molar-refractivity contribution is -0.709. The zero-order valence-corrected chi connectivity index (χ0v) is 10.1. The fourth-order valence-corrected chi connectivity index (χ4v) is 4.87. The average Bonchev–Trinajstić information content (AvgIpc) is 2.21. The van der Waals surface area contributed by atoms with Gasteiger partial charge in [-0.15, -0.1) is 0 Å². The Bertz CT molecular complexity index is 195. The monoisotopic (exact) mass is 208 g/mol. The number of hydrogen-bond acceptors (Lipinski definition) is 0. The van der Waals surface area contributed by atoms with Crippen LogP contribution < -0.4 is 5.32 Å². The molecule has 2 N–H and O–H groups in total. The molecule has 0 aromatic carbocycles. The molecule has 4 bridgehead atoms. The second kappa shape index (κ2) is 4.08. The summed E-state index contributed by atoms with van der Waals surface area (Å²) in [5, 5.41) is 2.72. The van der Waals surface area contributed by atoms with E-state index in [4.69, 9.17) is 0 Å². The Morgan fingerprint density at radius 3 is 2.07 bits per heavy atom. The average molecular weight is 208 g/mol. The van der Waals surface area contributed by atoms with Crippen LogP contribution in [0.25, 0.3) is 0 Å². The predicted molar refractivity (Wildman–Crippen MR) is 62.5 cm³/mol. The Balaban J connectivity index is 1.60. The van der Waals surface area contributed by atoms with Gasteiger partial charge in [-0.3, -0.25) is 0 Å².